The number of benzene rings is 1. The molecule has 0 saturated carbocycles. The molecule has 112 valence electrons. The topological polar surface area (TPSA) is 49.0 Å². The molecule has 4 heteroatoms. The van der Waals surface area contributed by atoms with Gasteiger partial charge in [-0.3, -0.25) is 9.78 Å². The van der Waals surface area contributed by atoms with Crippen molar-refractivity contribution in [3.8, 4) is 0 Å². The first-order valence-electron chi connectivity index (χ1n) is 7.29. The molecule has 4 nitrogen and oxygen atoms in total. The number of nitrogens with one attached hydrogen (secondary N) is 1. The zero-order chi connectivity index (χ0) is 15.7. The minimum atomic E-state index is 0.0250. The van der Waals surface area contributed by atoms with Gasteiger partial charge in [0.15, 0.2) is 0 Å². The Morgan fingerprint density at radius 2 is 1.91 bits per heavy atom. The lowest BCUT2D eigenvalue weighted by atomic mass is 10.1. The molecular weight excluding hydrogens is 274 g/mol. The van der Waals surface area contributed by atoms with Crippen molar-refractivity contribution in [1.82, 2.24) is 14.9 Å². The van der Waals surface area contributed by atoms with Gasteiger partial charge in [-0.1, -0.05) is 0 Å². The minimum absolute atomic E-state index is 0.0250. The molecule has 0 radical (unpaired) electrons. The highest BCUT2D eigenvalue weighted by atomic mass is 16.2. The van der Waals surface area contributed by atoms with Crippen molar-refractivity contribution in [3.63, 3.8) is 0 Å². The second-order valence-corrected chi connectivity index (χ2v) is 5.65. The molecule has 0 aliphatic rings. The normalized spacial score (nSPS) is 10.9. The molecular formula is C18H19N3O. The maximum Gasteiger partial charge on any atom is 0.253 e. The number of aromatic amines is 1. The van der Waals surface area contributed by atoms with E-state index in [4.69, 9.17) is 0 Å². The Labute approximate surface area is 129 Å². The van der Waals surface area contributed by atoms with Crippen molar-refractivity contribution in [1.29, 1.82) is 0 Å². The zero-order valence-corrected chi connectivity index (χ0v) is 13.1. The number of nitrogens with zero attached hydrogens (tertiary/aromatic N) is 2. The van der Waals surface area contributed by atoms with Crippen LogP contribution in [0.3, 0.4) is 0 Å². The van der Waals surface area contributed by atoms with E-state index in [1.165, 1.54) is 5.56 Å². The van der Waals surface area contributed by atoms with Gasteiger partial charge in [0.25, 0.3) is 5.91 Å². The van der Waals surface area contributed by atoms with Crippen LogP contribution in [0.2, 0.25) is 0 Å². The Balaban J connectivity index is 1.86. The quantitative estimate of drug-likeness (QED) is 0.804. The van der Waals surface area contributed by atoms with E-state index < -0.39 is 0 Å². The number of H-pyrrole nitrogens is 1. The minimum Gasteiger partial charge on any atom is -0.358 e. The fourth-order valence-electron chi connectivity index (χ4n) is 2.65. The number of pyridine rings is 1. The lowest BCUT2D eigenvalue weighted by Crippen LogP contribution is -2.26. The molecule has 1 aromatic carbocycles. The van der Waals surface area contributed by atoms with Gasteiger partial charge in [0, 0.05) is 48.1 Å². The summed E-state index contributed by atoms with van der Waals surface area (Å²) in [4.78, 5) is 21.7. The first kappa shape index (κ1) is 14.3. The lowest BCUT2D eigenvalue weighted by Gasteiger charge is -2.17. The molecule has 0 unspecified atom stereocenters. The summed E-state index contributed by atoms with van der Waals surface area (Å²) in [6.45, 7) is 4.69. The van der Waals surface area contributed by atoms with Crippen LogP contribution >= 0.6 is 0 Å². The van der Waals surface area contributed by atoms with E-state index in [1.807, 2.05) is 44.3 Å². The third kappa shape index (κ3) is 2.60. The van der Waals surface area contributed by atoms with Gasteiger partial charge in [0.1, 0.15) is 0 Å². The number of rotatable bonds is 3. The molecule has 0 aliphatic carbocycles. The highest BCUT2D eigenvalue weighted by Gasteiger charge is 2.14. The van der Waals surface area contributed by atoms with Crippen molar-refractivity contribution in [2.45, 2.75) is 20.4 Å². The van der Waals surface area contributed by atoms with E-state index in [1.54, 1.807) is 17.3 Å². The Hall–Kier alpha value is -2.62. The highest BCUT2D eigenvalue weighted by Crippen LogP contribution is 2.23. The number of amides is 1. The molecule has 1 N–H and O–H groups in total. The number of carbonyl (C=O) groups excluding carboxylic acids is 1. The molecule has 0 atom stereocenters. The fourth-order valence-corrected chi connectivity index (χ4v) is 2.65. The Bertz CT molecular complexity index is 821. The summed E-state index contributed by atoms with van der Waals surface area (Å²) < 4.78 is 0. The first-order valence-corrected chi connectivity index (χ1v) is 7.29. The summed E-state index contributed by atoms with van der Waals surface area (Å²) in [6.07, 6.45) is 3.48. The van der Waals surface area contributed by atoms with Crippen molar-refractivity contribution >= 4 is 16.8 Å². The van der Waals surface area contributed by atoms with Gasteiger partial charge >= 0.3 is 0 Å². The molecule has 2 heterocycles. The lowest BCUT2D eigenvalue weighted by molar-refractivity contribution is 0.0785. The van der Waals surface area contributed by atoms with Crippen LogP contribution in [0.4, 0.5) is 0 Å². The van der Waals surface area contributed by atoms with Crippen molar-refractivity contribution in [2.24, 2.45) is 0 Å². The third-order valence-corrected chi connectivity index (χ3v) is 4.07. The molecule has 0 spiro atoms. The summed E-state index contributed by atoms with van der Waals surface area (Å²) in [5, 5.41) is 1.11. The monoisotopic (exact) mass is 293 g/mol. The van der Waals surface area contributed by atoms with Gasteiger partial charge in [0.2, 0.25) is 0 Å². The van der Waals surface area contributed by atoms with Gasteiger partial charge < -0.3 is 9.88 Å². The van der Waals surface area contributed by atoms with Crippen molar-refractivity contribution in [2.75, 3.05) is 7.05 Å². The van der Waals surface area contributed by atoms with E-state index in [0.717, 1.165) is 22.2 Å². The fraction of sp³-hybridized carbons (Fsp3) is 0.222. The number of aromatic nitrogens is 2. The van der Waals surface area contributed by atoms with Gasteiger partial charge in [-0.2, -0.15) is 0 Å². The molecule has 0 aliphatic heterocycles. The first-order chi connectivity index (χ1) is 10.6. The average molecular weight is 293 g/mol. The summed E-state index contributed by atoms with van der Waals surface area (Å²) in [5.41, 5.74) is 5.20. The van der Waals surface area contributed by atoms with Crippen LogP contribution in [-0.4, -0.2) is 27.8 Å². The molecule has 3 rings (SSSR count). The highest BCUT2D eigenvalue weighted by molar-refractivity contribution is 5.98. The summed E-state index contributed by atoms with van der Waals surface area (Å²) in [6, 6.07) is 9.67. The zero-order valence-electron chi connectivity index (χ0n) is 13.1. The predicted molar refractivity (Wildman–Crippen MR) is 87.8 cm³/mol. The van der Waals surface area contributed by atoms with Crippen LogP contribution in [0.5, 0.6) is 0 Å². The maximum atomic E-state index is 12.6. The average Bonchev–Trinajstić information content (AvgIpc) is 2.82. The van der Waals surface area contributed by atoms with Crippen LogP contribution in [0.1, 0.15) is 27.2 Å². The number of carbonyl (C=O) groups is 1. The van der Waals surface area contributed by atoms with Crippen molar-refractivity contribution < 1.29 is 4.79 Å². The SMILES string of the molecule is Cc1[nH]c2ccc(C(=O)N(C)Cc3ccncc3)cc2c1C. The van der Waals surface area contributed by atoms with Gasteiger partial charge in [-0.05, 0) is 55.3 Å². The molecule has 0 fully saturated rings. The second kappa shape index (κ2) is 5.64. The van der Waals surface area contributed by atoms with E-state index in [9.17, 15) is 4.79 Å². The number of aryl methyl sites for hydroxylation is 2. The van der Waals surface area contributed by atoms with Gasteiger partial charge in [-0.15, -0.1) is 0 Å². The van der Waals surface area contributed by atoms with Crippen molar-refractivity contribution in [3.05, 3.63) is 65.1 Å². The van der Waals surface area contributed by atoms with Crippen LogP contribution in [0.15, 0.2) is 42.7 Å². The van der Waals surface area contributed by atoms with Crippen LogP contribution in [0, 0.1) is 13.8 Å². The molecule has 22 heavy (non-hydrogen) atoms. The van der Waals surface area contributed by atoms with E-state index in [0.29, 0.717) is 12.1 Å². The Morgan fingerprint density at radius 1 is 1.18 bits per heavy atom. The smallest absolute Gasteiger partial charge is 0.253 e. The van der Waals surface area contributed by atoms with E-state index >= 15 is 0 Å². The summed E-state index contributed by atoms with van der Waals surface area (Å²) in [7, 11) is 1.82. The number of hydrogen-bond donors (Lipinski definition) is 1. The molecule has 0 saturated heterocycles. The van der Waals surface area contributed by atoms with Crippen LogP contribution < -0.4 is 0 Å². The van der Waals surface area contributed by atoms with E-state index in [-0.39, 0.29) is 5.91 Å². The Kier molecular flexibility index (Phi) is 3.67. The van der Waals surface area contributed by atoms with Gasteiger partial charge in [-0.25, -0.2) is 0 Å². The Morgan fingerprint density at radius 3 is 2.64 bits per heavy atom. The number of fused-ring (bicyclic) bond motifs is 1. The predicted octanol–water partition coefficient (Wildman–Crippen LogP) is 3.45. The molecule has 3 aromatic rings. The van der Waals surface area contributed by atoms with Gasteiger partial charge in [0.05, 0.1) is 0 Å². The number of hydrogen-bond acceptors (Lipinski definition) is 2. The van der Waals surface area contributed by atoms with E-state index in [2.05, 4.69) is 16.9 Å². The van der Waals surface area contributed by atoms with Crippen LogP contribution in [-0.2, 0) is 6.54 Å². The summed E-state index contributed by atoms with van der Waals surface area (Å²) in [5.74, 6) is 0.0250. The largest absolute Gasteiger partial charge is 0.358 e. The standard InChI is InChI=1S/C18H19N3O/c1-12-13(2)20-17-5-4-15(10-16(12)17)18(22)21(3)11-14-6-8-19-9-7-14/h4-10,20H,11H2,1-3H3. The van der Waals surface area contributed by atoms with Crippen LogP contribution in [0.25, 0.3) is 10.9 Å². The maximum absolute atomic E-state index is 12.6. The third-order valence-electron chi connectivity index (χ3n) is 4.07. The molecule has 1 amide bonds. The second-order valence-electron chi connectivity index (χ2n) is 5.65. The molecule has 2 aromatic heterocycles. The summed E-state index contributed by atoms with van der Waals surface area (Å²) >= 11 is 0. The molecule has 0 bridgehead atoms.